The van der Waals surface area contributed by atoms with Crippen LogP contribution in [0.25, 0.3) is 0 Å². The first kappa shape index (κ1) is 53.2. The summed E-state index contributed by atoms with van der Waals surface area (Å²) in [5.74, 6) is 0.587. The van der Waals surface area contributed by atoms with E-state index in [9.17, 15) is 28.9 Å². The van der Waals surface area contributed by atoms with Gasteiger partial charge in [0.25, 0.3) is 6.92 Å². The molecule has 344 valence electrons. The van der Waals surface area contributed by atoms with Gasteiger partial charge in [0.1, 0.15) is 11.6 Å². The molecule has 8 rings (SSSR count). The predicted octanol–water partition coefficient (Wildman–Crippen LogP) is 9.65. The minimum atomic E-state index is -0.860. The zero-order chi connectivity index (χ0) is 47.9. The third-order valence-electron chi connectivity index (χ3n) is 13.0. The Balaban J connectivity index is 0.000000166. The van der Waals surface area contributed by atoms with Gasteiger partial charge in [0.2, 0.25) is 0 Å². The molecule has 4 N–H and O–H groups in total. The average Bonchev–Trinajstić information content (AvgIpc) is 3.30. The number of benzene rings is 6. The van der Waals surface area contributed by atoms with Gasteiger partial charge < -0.3 is 20.1 Å². The number of halogens is 4. The second-order valence-electron chi connectivity index (χ2n) is 18.3. The molecule has 0 bridgehead atoms. The lowest BCUT2D eigenvalue weighted by Crippen LogP contribution is -2.47. The Morgan fingerprint density at radius 2 is 0.652 bits per heavy atom. The summed E-state index contributed by atoms with van der Waals surface area (Å²) < 4.78 is 27.4. The van der Waals surface area contributed by atoms with Crippen LogP contribution in [0.4, 0.5) is 8.78 Å². The fourth-order valence-electron chi connectivity index (χ4n) is 9.69. The normalized spacial score (nSPS) is 13.8. The highest BCUT2D eigenvalue weighted by molar-refractivity contribution is 9.10. The molecule has 0 spiro atoms. The van der Waals surface area contributed by atoms with Crippen molar-refractivity contribution >= 4 is 92.3 Å². The van der Waals surface area contributed by atoms with Crippen molar-refractivity contribution in [1.82, 2.24) is 0 Å². The summed E-state index contributed by atoms with van der Waals surface area (Å²) in [6, 6.07) is 35.1. The van der Waals surface area contributed by atoms with E-state index in [2.05, 4.69) is 97.7 Å². The standard InChI is InChI=1S/C18H23BO.C12H9BBr2O.C12H9BF2O.C12H23BO/c1-11-7-13(3)17(14(4)8-11)19(20)18-15(5)9-12(2)10-16(18)6;2*14-11-5-1-9(2-6-11)13(16)10-3-7-12(15)8-4-10;14-13(11-7-3-1-4-8-11)12-9-5-2-6-10-12/h7-10,20H,1-6H3;2*1-8,16H;11-12,14H,1-10H2. The van der Waals surface area contributed by atoms with Crippen LogP contribution in [0.1, 0.15) is 97.6 Å². The van der Waals surface area contributed by atoms with E-state index in [0.29, 0.717) is 22.6 Å². The Morgan fingerprint density at radius 1 is 0.394 bits per heavy atom. The largest absolute Gasteiger partial charge is 0.450 e. The molecule has 66 heavy (non-hydrogen) atoms. The van der Waals surface area contributed by atoms with E-state index in [0.717, 1.165) is 53.1 Å². The number of aryl methyl sites for hydroxylation is 6. The molecule has 0 aromatic heterocycles. The highest BCUT2D eigenvalue weighted by Gasteiger charge is 2.34. The van der Waals surface area contributed by atoms with Crippen molar-refractivity contribution in [3.8, 4) is 0 Å². The predicted molar refractivity (Wildman–Crippen MR) is 286 cm³/mol. The smallest absolute Gasteiger partial charge is 0.360 e. The number of hydrogen-bond donors (Lipinski definition) is 4. The zero-order valence-electron chi connectivity index (χ0n) is 39.4. The first-order valence-corrected chi connectivity index (χ1v) is 25.0. The van der Waals surface area contributed by atoms with Crippen molar-refractivity contribution in [2.45, 2.75) is 117 Å². The Morgan fingerprint density at radius 3 is 0.924 bits per heavy atom. The van der Waals surface area contributed by atoms with Crippen LogP contribution in [-0.2, 0) is 0 Å². The van der Waals surface area contributed by atoms with E-state index in [4.69, 9.17) is 0 Å². The molecule has 2 aliphatic carbocycles. The molecule has 0 radical (unpaired) electrons. The monoisotopic (exact) mass is 1020 g/mol. The summed E-state index contributed by atoms with van der Waals surface area (Å²) in [6.45, 7) is 10.6. The second-order valence-corrected chi connectivity index (χ2v) is 20.2. The lowest BCUT2D eigenvalue weighted by atomic mass is 9.42. The molecule has 0 unspecified atom stereocenters. The maximum absolute atomic E-state index is 12.7. The molecule has 2 saturated carbocycles. The molecule has 0 aliphatic heterocycles. The summed E-state index contributed by atoms with van der Waals surface area (Å²) in [4.78, 5) is 0. The van der Waals surface area contributed by atoms with Crippen molar-refractivity contribution in [2.24, 2.45) is 0 Å². The molecule has 0 amide bonds. The Kier molecular flexibility index (Phi) is 21.1. The van der Waals surface area contributed by atoms with Crippen LogP contribution in [0.3, 0.4) is 0 Å². The Hall–Kier alpha value is -3.76. The first-order valence-electron chi connectivity index (χ1n) is 23.4. The molecule has 6 aromatic rings. The van der Waals surface area contributed by atoms with Gasteiger partial charge in [-0.2, -0.15) is 0 Å². The van der Waals surface area contributed by atoms with Crippen molar-refractivity contribution in [2.75, 3.05) is 0 Å². The maximum Gasteiger partial charge on any atom is 0.360 e. The molecule has 4 nitrogen and oxygen atoms in total. The van der Waals surface area contributed by atoms with E-state index in [1.807, 2.05) is 48.5 Å². The summed E-state index contributed by atoms with van der Waals surface area (Å²) in [5, 5.41) is 41.3. The fraction of sp³-hybridized carbons (Fsp3) is 0.333. The highest BCUT2D eigenvalue weighted by Crippen LogP contribution is 2.40. The van der Waals surface area contributed by atoms with Gasteiger partial charge >= 0.3 is 20.7 Å². The van der Waals surface area contributed by atoms with E-state index in [1.165, 1.54) is 124 Å². The third-order valence-corrected chi connectivity index (χ3v) is 14.1. The van der Waals surface area contributed by atoms with Crippen molar-refractivity contribution in [3.05, 3.63) is 175 Å². The molecule has 2 fully saturated rings. The van der Waals surface area contributed by atoms with Crippen LogP contribution in [0, 0.1) is 53.2 Å². The topological polar surface area (TPSA) is 80.9 Å². The Bertz CT molecular complexity index is 2110. The zero-order valence-corrected chi connectivity index (χ0v) is 42.6. The lowest BCUT2D eigenvalue weighted by Gasteiger charge is -2.31. The van der Waals surface area contributed by atoms with Crippen molar-refractivity contribution in [1.29, 1.82) is 0 Å². The summed E-state index contributed by atoms with van der Waals surface area (Å²) in [7, 11) is 0. The molecule has 0 heterocycles. The fourth-order valence-corrected chi connectivity index (χ4v) is 10.2. The van der Waals surface area contributed by atoms with Gasteiger partial charge in [0.05, 0.1) is 0 Å². The summed E-state index contributed by atoms with van der Waals surface area (Å²) in [6.07, 6.45) is 13.4. The van der Waals surface area contributed by atoms with Crippen LogP contribution in [0.15, 0.2) is 130 Å². The maximum atomic E-state index is 12.7. The van der Waals surface area contributed by atoms with E-state index >= 15 is 0 Å². The minimum absolute atomic E-state index is 0.0376. The van der Waals surface area contributed by atoms with Crippen LogP contribution >= 0.6 is 31.9 Å². The number of hydrogen-bond acceptors (Lipinski definition) is 4. The summed E-state index contributed by atoms with van der Waals surface area (Å²) in [5.41, 5.74) is 12.2. The van der Waals surface area contributed by atoms with Crippen LogP contribution in [0.2, 0.25) is 11.6 Å². The van der Waals surface area contributed by atoms with Gasteiger partial charge in [0, 0.05) is 8.95 Å². The van der Waals surface area contributed by atoms with Crippen LogP contribution in [-0.4, -0.2) is 47.8 Å². The van der Waals surface area contributed by atoms with Gasteiger partial charge in [-0.05, 0) is 134 Å². The molecule has 2 aliphatic rings. The number of rotatable bonds is 8. The quantitative estimate of drug-likeness (QED) is 0.115. The molecule has 0 atom stereocenters. The SMILES string of the molecule is Cc1cc(C)c(B(O)c2c(C)cc(C)cc2C)c(C)c1.OB(C1CCCCC1)C1CCCCC1.OB(c1ccc(Br)cc1)c1ccc(Br)cc1.OB(c1ccc(F)cc1)c1ccc(F)cc1. The highest BCUT2D eigenvalue weighted by atomic mass is 79.9. The van der Waals surface area contributed by atoms with E-state index < -0.39 is 20.7 Å². The summed E-state index contributed by atoms with van der Waals surface area (Å²) >= 11 is 6.75. The molecule has 12 heteroatoms. The van der Waals surface area contributed by atoms with Gasteiger partial charge in [0.15, 0.2) is 0 Å². The first-order chi connectivity index (χ1) is 31.5. The molecule has 6 aromatic carbocycles. The van der Waals surface area contributed by atoms with Gasteiger partial charge in [-0.25, -0.2) is 8.78 Å². The van der Waals surface area contributed by atoms with E-state index in [1.54, 1.807) is 0 Å². The lowest BCUT2D eigenvalue weighted by molar-refractivity contribution is 0.402. The molecular weight excluding hydrogens is 954 g/mol. The van der Waals surface area contributed by atoms with Gasteiger partial charge in [-0.3, -0.25) is 0 Å². The molecule has 0 saturated heterocycles. The van der Waals surface area contributed by atoms with Crippen LogP contribution in [0.5, 0.6) is 0 Å². The molecular formula is C54H64B4Br2F2O4. The van der Waals surface area contributed by atoms with Crippen molar-refractivity contribution < 1.29 is 28.9 Å². The van der Waals surface area contributed by atoms with Crippen LogP contribution < -0.4 is 32.8 Å². The minimum Gasteiger partial charge on any atom is -0.450 e. The van der Waals surface area contributed by atoms with Gasteiger partial charge in [-0.15, -0.1) is 0 Å². The third kappa shape index (κ3) is 15.6. The second kappa shape index (κ2) is 26.1. The van der Waals surface area contributed by atoms with Gasteiger partial charge in [-0.1, -0.05) is 202 Å². The van der Waals surface area contributed by atoms with E-state index in [-0.39, 0.29) is 18.6 Å². The van der Waals surface area contributed by atoms with Crippen molar-refractivity contribution in [3.63, 3.8) is 0 Å². The Labute approximate surface area is 411 Å². The average molecular weight is 1020 g/mol.